The number of phenols is 2. The Morgan fingerprint density at radius 1 is 1.31 bits per heavy atom. The molecule has 1 saturated heterocycles. The number of piperidine rings is 1. The highest BCUT2D eigenvalue weighted by molar-refractivity contribution is 5.49. The van der Waals surface area contributed by atoms with E-state index in [2.05, 4.69) is 5.32 Å². The van der Waals surface area contributed by atoms with E-state index in [0.717, 1.165) is 30.6 Å². The first-order chi connectivity index (χ1) is 7.68. The predicted octanol–water partition coefficient (Wildman–Crippen LogP) is 1.95. The van der Waals surface area contributed by atoms with Crippen LogP contribution in [-0.4, -0.2) is 23.3 Å². The molecule has 2 rings (SSSR count). The molecular formula is C13H19NO2. The summed E-state index contributed by atoms with van der Waals surface area (Å²) in [4.78, 5) is 0. The lowest BCUT2D eigenvalue weighted by molar-refractivity contribution is 0.361. The molecule has 0 amide bonds. The van der Waals surface area contributed by atoms with Gasteiger partial charge >= 0.3 is 0 Å². The maximum absolute atomic E-state index is 9.84. The van der Waals surface area contributed by atoms with Crippen LogP contribution in [0.25, 0.3) is 0 Å². The van der Waals surface area contributed by atoms with Crippen LogP contribution in [-0.2, 0) is 6.42 Å². The first-order valence-corrected chi connectivity index (χ1v) is 5.89. The van der Waals surface area contributed by atoms with Crippen LogP contribution in [0.15, 0.2) is 12.1 Å². The molecule has 1 atom stereocenters. The van der Waals surface area contributed by atoms with Crippen molar-refractivity contribution in [1.29, 1.82) is 0 Å². The third kappa shape index (κ3) is 2.30. The SMILES string of the molecule is Cc1ccc(CC2CCCNC2)c(O)c1O. The van der Waals surface area contributed by atoms with Gasteiger partial charge in [0.1, 0.15) is 0 Å². The molecule has 1 aliphatic rings. The summed E-state index contributed by atoms with van der Waals surface area (Å²) in [5.74, 6) is 0.661. The number of nitrogens with one attached hydrogen (secondary N) is 1. The van der Waals surface area contributed by atoms with Gasteiger partial charge in [0.25, 0.3) is 0 Å². The van der Waals surface area contributed by atoms with E-state index in [-0.39, 0.29) is 11.5 Å². The Kier molecular flexibility index (Phi) is 3.34. The van der Waals surface area contributed by atoms with Gasteiger partial charge in [-0.05, 0) is 56.3 Å². The van der Waals surface area contributed by atoms with E-state index in [1.807, 2.05) is 12.1 Å². The van der Waals surface area contributed by atoms with Crippen LogP contribution >= 0.6 is 0 Å². The Morgan fingerprint density at radius 3 is 2.81 bits per heavy atom. The number of phenolic OH excluding ortho intramolecular Hbond substituents is 2. The average molecular weight is 221 g/mol. The Labute approximate surface area is 96.1 Å². The van der Waals surface area contributed by atoms with Gasteiger partial charge in [-0.3, -0.25) is 0 Å². The molecule has 0 aromatic heterocycles. The normalized spacial score (nSPS) is 20.9. The number of hydrogen-bond donors (Lipinski definition) is 3. The Bertz CT molecular complexity index is 370. The Hall–Kier alpha value is -1.22. The molecule has 3 N–H and O–H groups in total. The van der Waals surface area contributed by atoms with Gasteiger partial charge in [-0.2, -0.15) is 0 Å². The molecule has 3 heteroatoms. The molecule has 0 radical (unpaired) electrons. The molecule has 1 aromatic rings. The zero-order chi connectivity index (χ0) is 11.5. The second kappa shape index (κ2) is 4.74. The maximum atomic E-state index is 9.84. The van der Waals surface area contributed by atoms with Crippen molar-refractivity contribution in [1.82, 2.24) is 5.32 Å². The molecule has 1 aromatic carbocycles. The largest absolute Gasteiger partial charge is 0.504 e. The van der Waals surface area contributed by atoms with Crippen molar-refractivity contribution in [2.75, 3.05) is 13.1 Å². The van der Waals surface area contributed by atoms with Gasteiger partial charge in [-0.25, -0.2) is 0 Å². The zero-order valence-corrected chi connectivity index (χ0v) is 9.66. The van der Waals surface area contributed by atoms with Crippen LogP contribution < -0.4 is 5.32 Å². The Morgan fingerprint density at radius 2 is 2.12 bits per heavy atom. The van der Waals surface area contributed by atoms with E-state index in [0.29, 0.717) is 5.92 Å². The molecule has 0 bridgehead atoms. The van der Waals surface area contributed by atoms with Gasteiger partial charge < -0.3 is 15.5 Å². The van der Waals surface area contributed by atoms with Crippen molar-refractivity contribution in [3.63, 3.8) is 0 Å². The van der Waals surface area contributed by atoms with Crippen molar-refractivity contribution in [3.8, 4) is 11.5 Å². The van der Waals surface area contributed by atoms with Crippen LogP contribution in [0.2, 0.25) is 0 Å². The summed E-state index contributed by atoms with van der Waals surface area (Å²) in [7, 11) is 0. The van der Waals surface area contributed by atoms with E-state index in [9.17, 15) is 10.2 Å². The number of benzene rings is 1. The average Bonchev–Trinajstić information content (AvgIpc) is 2.31. The van der Waals surface area contributed by atoms with Gasteiger partial charge in [0.15, 0.2) is 11.5 Å². The number of aromatic hydroxyl groups is 2. The molecule has 0 aliphatic carbocycles. The minimum atomic E-state index is 0.0290. The number of rotatable bonds is 2. The number of aryl methyl sites for hydroxylation is 1. The summed E-state index contributed by atoms with van der Waals surface area (Å²) in [6.45, 7) is 3.90. The van der Waals surface area contributed by atoms with Crippen LogP contribution in [0.5, 0.6) is 11.5 Å². The monoisotopic (exact) mass is 221 g/mol. The smallest absolute Gasteiger partial charge is 0.160 e. The minimum absolute atomic E-state index is 0.0290. The summed E-state index contributed by atoms with van der Waals surface area (Å²) in [6.07, 6.45) is 3.23. The second-order valence-electron chi connectivity index (χ2n) is 4.66. The minimum Gasteiger partial charge on any atom is -0.504 e. The molecule has 1 heterocycles. The molecule has 16 heavy (non-hydrogen) atoms. The van der Waals surface area contributed by atoms with Gasteiger partial charge in [-0.15, -0.1) is 0 Å². The summed E-state index contributed by atoms with van der Waals surface area (Å²) >= 11 is 0. The molecule has 0 spiro atoms. The summed E-state index contributed by atoms with van der Waals surface area (Å²) in [5, 5.41) is 22.8. The topological polar surface area (TPSA) is 52.5 Å². The third-order valence-electron chi connectivity index (χ3n) is 3.34. The molecular weight excluding hydrogens is 202 g/mol. The van der Waals surface area contributed by atoms with E-state index >= 15 is 0 Å². The van der Waals surface area contributed by atoms with Crippen LogP contribution in [0.4, 0.5) is 0 Å². The van der Waals surface area contributed by atoms with Gasteiger partial charge in [0.2, 0.25) is 0 Å². The molecule has 1 unspecified atom stereocenters. The maximum Gasteiger partial charge on any atom is 0.160 e. The molecule has 88 valence electrons. The molecule has 1 fully saturated rings. The molecule has 1 aliphatic heterocycles. The first-order valence-electron chi connectivity index (χ1n) is 5.89. The predicted molar refractivity (Wildman–Crippen MR) is 63.8 cm³/mol. The highest BCUT2D eigenvalue weighted by Gasteiger charge is 2.17. The number of hydrogen-bond acceptors (Lipinski definition) is 3. The third-order valence-corrected chi connectivity index (χ3v) is 3.34. The van der Waals surface area contributed by atoms with Gasteiger partial charge in [0.05, 0.1) is 0 Å². The second-order valence-corrected chi connectivity index (χ2v) is 4.66. The van der Waals surface area contributed by atoms with Crippen molar-refractivity contribution in [2.45, 2.75) is 26.2 Å². The van der Waals surface area contributed by atoms with Crippen molar-refractivity contribution in [3.05, 3.63) is 23.3 Å². The Balaban J connectivity index is 2.11. The first kappa shape index (κ1) is 11.3. The fourth-order valence-corrected chi connectivity index (χ4v) is 2.30. The summed E-state index contributed by atoms with van der Waals surface area (Å²) in [5.41, 5.74) is 1.58. The van der Waals surface area contributed by atoms with Crippen molar-refractivity contribution < 1.29 is 10.2 Å². The van der Waals surface area contributed by atoms with E-state index < -0.39 is 0 Å². The standard InChI is InChI=1S/C13H19NO2/c1-9-4-5-11(13(16)12(9)15)7-10-3-2-6-14-8-10/h4-5,10,14-16H,2-3,6-8H2,1H3. The quantitative estimate of drug-likeness (QED) is 0.669. The zero-order valence-electron chi connectivity index (χ0n) is 9.66. The lowest BCUT2D eigenvalue weighted by Crippen LogP contribution is -2.30. The highest BCUT2D eigenvalue weighted by atomic mass is 16.3. The van der Waals surface area contributed by atoms with Crippen LogP contribution in [0, 0.1) is 12.8 Å². The summed E-state index contributed by atoms with van der Waals surface area (Å²) in [6, 6.07) is 3.78. The van der Waals surface area contributed by atoms with E-state index in [1.165, 1.54) is 12.8 Å². The molecule has 3 nitrogen and oxygen atoms in total. The lowest BCUT2D eigenvalue weighted by atomic mass is 9.91. The van der Waals surface area contributed by atoms with Crippen molar-refractivity contribution >= 4 is 0 Å². The van der Waals surface area contributed by atoms with E-state index in [1.54, 1.807) is 6.92 Å². The van der Waals surface area contributed by atoms with Gasteiger partial charge in [0, 0.05) is 0 Å². The fraction of sp³-hybridized carbons (Fsp3) is 0.538. The fourth-order valence-electron chi connectivity index (χ4n) is 2.30. The lowest BCUT2D eigenvalue weighted by Gasteiger charge is -2.23. The van der Waals surface area contributed by atoms with Gasteiger partial charge in [-0.1, -0.05) is 12.1 Å². The van der Waals surface area contributed by atoms with E-state index in [4.69, 9.17) is 0 Å². The molecule has 0 saturated carbocycles. The van der Waals surface area contributed by atoms with Crippen LogP contribution in [0.1, 0.15) is 24.0 Å². The van der Waals surface area contributed by atoms with Crippen molar-refractivity contribution in [2.24, 2.45) is 5.92 Å². The highest BCUT2D eigenvalue weighted by Crippen LogP contribution is 2.34. The van der Waals surface area contributed by atoms with Crippen LogP contribution in [0.3, 0.4) is 0 Å². The summed E-state index contributed by atoms with van der Waals surface area (Å²) < 4.78 is 0.